The first-order valence-electron chi connectivity index (χ1n) is 6.92. The Morgan fingerprint density at radius 3 is 2.89 bits per heavy atom. The molecule has 0 fully saturated rings. The Hall–Kier alpha value is -1.67. The van der Waals surface area contributed by atoms with Crippen molar-refractivity contribution in [1.82, 2.24) is 10.3 Å². The normalized spacial score (nSPS) is 12.3. The van der Waals surface area contributed by atoms with E-state index in [0.717, 1.165) is 18.5 Å². The van der Waals surface area contributed by atoms with Crippen molar-refractivity contribution in [3.8, 4) is 0 Å². The average Bonchev–Trinajstić information content (AvgIpc) is 2.42. The van der Waals surface area contributed by atoms with Crippen molar-refractivity contribution in [1.29, 1.82) is 0 Å². The third-order valence-corrected chi connectivity index (χ3v) is 3.19. The van der Waals surface area contributed by atoms with Gasteiger partial charge in [-0.3, -0.25) is 4.98 Å². The minimum absolute atomic E-state index is 0.552. The predicted octanol–water partition coefficient (Wildman–Crippen LogP) is 4.03. The summed E-state index contributed by atoms with van der Waals surface area (Å²) in [6.07, 6.45) is 5.29. The molecule has 2 nitrogen and oxygen atoms in total. The summed E-state index contributed by atoms with van der Waals surface area (Å²) in [7, 11) is 0. The summed E-state index contributed by atoms with van der Waals surface area (Å²) in [6, 6.07) is 11.0. The van der Waals surface area contributed by atoms with Crippen molar-refractivity contribution in [3.63, 3.8) is 0 Å². The second-order valence-corrected chi connectivity index (χ2v) is 5.20. The van der Waals surface area contributed by atoms with Crippen LogP contribution in [0.1, 0.15) is 32.8 Å². The topological polar surface area (TPSA) is 24.9 Å². The maximum Gasteiger partial charge on any atom is 0.0702 e. The van der Waals surface area contributed by atoms with E-state index in [4.69, 9.17) is 0 Å². The molecule has 0 aliphatic rings. The molecule has 0 aliphatic heterocycles. The van der Waals surface area contributed by atoms with Gasteiger partial charge in [0.1, 0.15) is 0 Å². The summed E-state index contributed by atoms with van der Waals surface area (Å²) in [5.74, 6) is 0. The van der Waals surface area contributed by atoms with Crippen LogP contribution in [0.4, 0.5) is 0 Å². The number of hydrogen-bond donors (Lipinski definition) is 1. The van der Waals surface area contributed by atoms with Gasteiger partial charge in [-0.05, 0) is 43.2 Å². The lowest BCUT2D eigenvalue weighted by molar-refractivity contribution is 0.595. The maximum absolute atomic E-state index is 4.50. The molecule has 1 heterocycles. The van der Waals surface area contributed by atoms with Gasteiger partial charge in [0, 0.05) is 17.6 Å². The quantitative estimate of drug-likeness (QED) is 0.815. The van der Waals surface area contributed by atoms with Gasteiger partial charge in [0.05, 0.1) is 5.52 Å². The predicted molar refractivity (Wildman–Crippen MR) is 83.1 cm³/mol. The number of pyridine rings is 1. The van der Waals surface area contributed by atoms with Crippen LogP contribution in [0.15, 0.2) is 42.6 Å². The van der Waals surface area contributed by atoms with Crippen molar-refractivity contribution >= 4 is 16.5 Å². The maximum atomic E-state index is 4.50. The lowest BCUT2D eigenvalue weighted by Crippen LogP contribution is -2.23. The number of fused-ring (bicyclic) bond motifs is 1. The number of aromatic nitrogens is 1. The summed E-state index contributed by atoms with van der Waals surface area (Å²) in [4.78, 5) is 4.50. The third kappa shape index (κ3) is 3.90. The largest absolute Gasteiger partial charge is 0.314 e. The molecular formula is C17H22N2. The zero-order valence-electron chi connectivity index (χ0n) is 12.0. The highest BCUT2D eigenvalue weighted by Crippen LogP contribution is 2.18. The van der Waals surface area contributed by atoms with Gasteiger partial charge in [-0.2, -0.15) is 0 Å². The number of rotatable bonds is 5. The Morgan fingerprint density at radius 1 is 1.32 bits per heavy atom. The van der Waals surface area contributed by atoms with E-state index in [9.17, 15) is 0 Å². The zero-order chi connectivity index (χ0) is 13.7. The van der Waals surface area contributed by atoms with Gasteiger partial charge in [-0.1, -0.05) is 38.1 Å². The number of benzene rings is 1. The lowest BCUT2D eigenvalue weighted by atomic mass is 10.1. The molecule has 0 aliphatic carbocycles. The highest BCUT2D eigenvalue weighted by molar-refractivity contribution is 5.82. The molecule has 2 heteroatoms. The van der Waals surface area contributed by atoms with E-state index in [-0.39, 0.29) is 0 Å². The molecule has 0 unspecified atom stereocenters. The summed E-state index contributed by atoms with van der Waals surface area (Å²) in [5.41, 5.74) is 3.56. The van der Waals surface area contributed by atoms with Crippen molar-refractivity contribution in [2.45, 2.75) is 33.2 Å². The second-order valence-electron chi connectivity index (χ2n) is 5.20. The number of para-hydroxylation sites is 1. The lowest BCUT2D eigenvalue weighted by Gasteiger charge is -2.07. The minimum Gasteiger partial charge on any atom is -0.314 e. The van der Waals surface area contributed by atoms with E-state index in [1.807, 2.05) is 18.3 Å². The van der Waals surface area contributed by atoms with Crippen LogP contribution in [0.2, 0.25) is 0 Å². The number of nitrogens with zero attached hydrogens (tertiary/aromatic N) is 1. The standard InChI is InChI=1S/C17H22N2/c1-13(2)18-10-6-7-14(3)16-11-15-8-4-5-9-17(15)19-12-16/h4-5,7-9,11-13,18H,6,10H2,1-3H3. The van der Waals surface area contributed by atoms with Crippen LogP contribution in [0, 0.1) is 0 Å². The average molecular weight is 254 g/mol. The van der Waals surface area contributed by atoms with E-state index >= 15 is 0 Å². The fourth-order valence-electron chi connectivity index (χ4n) is 2.07. The Balaban J connectivity index is 2.08. The summed E-state index contributed by atoms with van der Waals surface area (Å²) in [5, 5.41) is 4.62. The van der Waals surface area contributed by atoms with E-state index in [1.54, 1.807) is 0 Å². The van der Waals surface area contributed by atoms with E-state index < -0.39 is 0 Å². The SMILES string of the molecule is CC(=CCCNC(C)C)c1cnc2ccccc2c1. The van der Waals surface area contributed by atoms with Gasteiger partial charge in [-0.15, -0.1) is 0 Å². The third-order valence-electron chi connectivity index (χ3n) is 3.19. The Labute approximate surface area is 115 Å². The number of allylic oxidation sites excluding steroid dienone is 1. The van der Waals surface area contributed by atoms with Crippen LogP contribution in [0.3, 0.4) is 0 Å². The van der Waals surface area contributed by atoms with E-state index in [0.29, 0.717) is 6.04 Å². The molecule has 1 aromatic heterocycles. The molecule has 1 aromatic carbocycles. The zero-order valence-corrected chi connectivity index (χ0v) is 12.0. The van der Waals surface area contributed by atoms with Crippen LogP contribution in [0.25, 0.3) is 16.5 Å². The summed E-state index contributed by atoms with van der Waals surface area (Å²) < 4.78 is 0. The van der Waals surface area contributed by atoms with Gasteiger partial charge in [-0.25, -0.2) is 0 Å². The molecule has 0 saturated carbocycles. The van der Waals surface area contributed by atoms with Gasteiger partial charge >= 0.3 is 0 Å². The molecule has 0 bridgehead atoms. The molecule has 0 spiro atoms. The smallest absolute Gasteiger partial charge is 0.0702 e. The first-order chi connectivity index (χ1) is 9.16. The first kappa shape index (κ1) is 13.8. The molecule has 0 atom stereocenters. The van der Waals surface area contributed by atoms with Gasteiger partial charge in [0.25, 0.3) is 0 Å². The molecule has 100 valence electrons. The molecule has 0 amide bonds. The van der Waals surface area contributed by atoms with Crippen LogP contribution >= 0.6 is 0 Å². The fourth-order valence-corrected chi connectivity index (χ4v) is 2.07. The Kier molecular flexibility index (Phi) is 4.69. The van der Waals surface area contributed by atoms with E-state index in [1.165, 1.54) is 16.5 Å². The molecule has 0 radical (unpaired) electrons. The molecule has 2 rings (SSSR count). The Morgan fingerprint density at radius 2 is 2.11 bits per heavy atom. The van der Waals surface area contributed by atoms with Crippen LogP contribution in [0.5, 0.6) is 0 Å². The number of nitrogens with one attached hydrogen (secondary N) is 1. The second kappa shape index (κ2) is 6.48. The minimum atomic E-state index is 0.552. The van der Waals surface area contributed by atoms with Crippen LogP contribution in [-0.2, 0) is 0 Å². The van der Waals surface area contributed by atoms with Crippen molar-refractivity contribution in [2.24, 2.45) is 0 Å². The molecule has 2 aromatic rings. The highest BCUT2D eigenvalue weighted by Gasteiger charge is 1.99. The molecular weight excluding hydrogens is 232 g/mol. The van der Waals surface area contributed by atoms with Crippen molar-refractivity contribution in [3.05, 3.63) is 48.2 Å². The highest BCUT2D eigenvalue weighted by atomic mass is 14.9. The fraction of sp³-hybridized carbons (Fsp3) is 0.353. The number of hydrogen-bond acceptors (Lipinski definition) is 2. The van der Waals surface area contributed by atoms with Crippen LogP contribution < -0.4 is 5.32 Å². The van der Waals surface area contributed by atoms with E-state index in [2.05, 4.69) is 55.3 Å². The first-order valence-corrected chi connectivity index (χ1v) is 6.92. The van der Waals surface area contributed by atoms with Gasteiger partial charge in [0.15, 0.2) is 0 Å². The Bertz CT molecular complexity index is 570. The van der Waals surface area contributed by atoms with Crippen molar-refractivity contribution in [2.75, 3.05) is 6.54 Å². The summed E-state index contributed by atoms with van der Waals surface area (Å²) in [6.45, 7) is 7.52. The van der Waals surface area contributed by atoms with Crippen molar-refractivity contribution < 1.29 is 0 Å². The monoisotopic (exact) mass is 254 g/mol. The van der Waals surface area contributed by atoms with Crippen LogP contribution in [-0.4, -0.2) is 17.6 Å². The molecule has 0 saturated heterocycles. The van der Waals surface area contributed by atoms with Gasteiger partial charge in [0.2, 0.25) is 0 Å². The van der Waals surface area contributed by atoms with Gasteiger partial charge < -0.3 is 5.32 Å². The summed E-state index contributed by atoms with van der Waals surface area (Å²) >= 11 is 0. The molecule has 19 heavy (non-hydrogen) atoms. The molecule has 1 N–H and O–H groups in total.